The van der Waals surface area contributed by atoms with Gasteiger partial charge in [0.15, 0.2) is 0 Å². The van der Waals surface area contributed by atoms with Gasteiger partial charge in [0.25, 0.3) is 10.2 Å². The topological polar surface area (TPSA) is 58.4 Å². The molecule has 2 aliphatic rings. The van der Waals surface area contributed by atoms with Crippen molar-refractivity contribution in [2.45, 2.75) is 70.8 Å². The van der Waals surface area contributed by atoms with Gasteiger partial charge in [-0.2, -0.15) is 17.0 Å². The third kappa shape index (κ3) is 4.44. The summed E-state index contributed by atoms with van der Waals surface area (Å²) >= 11 is 0. The van der Waals surface area contributed by atoms with Crippen molar-refractivity contribution in [3.8, 4) is 0 Å². The van der Waals surface area contributed by atoms with E-state index in [4.69, 9.17) is 0 Å². The molecule has 2 fully saturated rings. The predicted octanol–water partition coefficient (Wildman–Crippen LogP) is 2.98. The Morgan fingerprint density at radius 2 is 1.80 bits per heavy atom. The SMILES string of the molecule is CCCCn1ccnc1[C@H]1CCCN(S(=O)(=O)N2CCCCCC2)C1. The Balaban J connectivity index is 1.71. The largest absolute Gasteiger partial charge is 0.335 e. The van der Waals surface area contributed by atoms with Crippen molar-refractivity contribution in [3.63, 3.8) is 0 Å². The first kappa shape index (κ1) is 18.9. The van der Waals surface area contributed by atoms with Crippen LogP contribution in [0.15, 0.2) is 12.4 Å². The van der Waals surface area contributed by atoms with E-state index in [1.807, 2.05) is 12.4 Å². The third-order valence-electron chi connectivity index (χ3n) is 5.47. The molecule has 2 aliphatic heterocycles. The Bertz CT molecular complexity index is 635. The molecule has 0 spiro atoms. The molecule has 1 atom stereocenters. The second-order valence-electron chi connectivity index (χ2n) is 7.35. The molecule has 1 aromatic heterocycles. The van der Waals surface area contributed by atoms with Crippen molar-refractivity contribution in [2.75, 3.05) is 26.2 Å². The fourth-order valence-electron chi connectivity index (χ4n) is 4.00. The lowest BCUT2D eigenvalue weighted by Gasteiger charge is -2.35. The van der Waals surface area contributed by atoms with Gasteiger partial charge in [0.2, 0.25) is 0 Å². The molecule has 2 saturated heterocycles. The molecule has 0 aliphatic carbocycles. The van der Waals surface area contributed by atoms with Crippen LogP contribution in [0.25, 0.3) is 0 Å². The zero-order chi connectivity index (χ0) is 17.7. The van der Waals surface area contributed by atoms with E-state index in [9.17, 15) is 8.42 Å². The second kappa shape index (κ2) is 8.64. The highest BCUT2D eigenvalue weighted by molar-refractivity contribution is 7.86. The van der Waals surface area contributed by atoms with Crippen LogP contribution in [0.2, 0.25) is 0 Å². The van der Waals surface area contributed by atoms with E-state index in [2.05, 4.69) is 16.5 Å². The molecule has 142 valence electrons. The molecule has 0 saturated carbocycles. The molecule has 3 heterocycles. The predicted molar refractivity (Wildman–Crippen MR) is 99.6 cm³/mol. The number of aryl methyl sites for hydroxylation is 1. The van der Waals surface area contributed by atoms with E-state index in [-0.39, 0.29) is 5.92 Å². The maximum absolute atomic E-state index is 13.1. The lowest BCUT2D eigenvalue weighted by molar-refractivity contribution is 0.276. The van der Waals surface area contributed by atoms with Crippen LogP contribution in [0.1, 0.15) is 70.0 Å². The van der Waals surface area contributed by atoms with Crippen molar-refractivity contribution in [1.82, 2.24) is 18.2 Å². The van der Waals surface area contributed by atoms with Crippen LogP contribution in [0, 0.1) is 0 Å². The van der Waals surface area contributed by atoms with Crippen LogP contribution in [-0.2, 0) is 16.8 Å². The van der Waals surface area contributed by atoms with E-state index >= 15 is 0 Å². The maximum Gasteiger partial charge on any atom is 0.281 e. The molecule has 6 nitrogen and oxygen atoms in total. The number of nitrogens with zero attached hydrogens (tertiary/aromatic N) is 4. The number of imidazole rings is 1. The summed E-state index contributed by atoms with van der Waals surface area (Å²) in [5.41, 5.74) is 0. The van der Waals surface area contributed by atoms with E-state index in [0.717, 1.165) is 63.7 Å². The quantitative estimate of drug-likeness (QED) is 0.775. The summed E-state index contributed by atoms with van der Waals surface area (Å²) in [5, 5.41) is 0. The van der Waals surface area contributed by atoms with Crippen LogP contribution in [0.3, 0.4) is 0 Å². The van der Waals surface area contributed by atoms with Gasteiger partial charge in [0.1, 0.15) is 5.82 Å². The van der Waals surface area contributed by atoms with E-state index in [0.29, 0.717) is 26.2 Å². The number of hydrogen-bond donors (Lipinski definition) is 0. The van der Waals surface area contributed by atoms with Crippen LogP contribution in [0.4, 0.5) is 0 Å². The summed E-state index contributed by atoms with van der Waals surface area (Å²) in [6.45, 7) is 5.73. The van der Waals surface area contributed by atoms with Crippen LogP contribution in [-0.4, -0.2) is 52.8 Å². The Kier molecular flexibility index (Phi) is 6.52. The highest BCUT2D eigenvalue weighted by Crippen LogP contribution is 2.29. The lowest BCUT2D eigenvalue weighted by Crippen LogP contribution is -2.48. The summed E-state index contributed by atoms with van der Waals surface area (Å²) in [4.78, 5) is 4.56. The molecular formula is C18H32N4O2S. The normalized spacial score (nSPS) is 24.3. The molecule has 0 amide bonds. The van der Waals surface area contributed by atoms with Crippen molar-refractivity contribution in [1.29, 1.82) is 0 Å². The van der Waals surface area contributed by atoms with Gasteiger partial charge in [-0.3, -0.25) is 0 Å². The molecule has 7 heteroatoms. The van der Waals surface area contributed by atoms with E-state index < -0.39 is 10.2 Å². The second-order valence-corrected chi connectivity index (χ2v) is 9.28. The minimum atomic E-state index is -3.33. The monoisotopic (exact) mass is 368 g/mol. The minimum absolute atomic E-state index is 0.211. The van der Waals surface area contributed by atoms with Crippen molar-refractivity contribution in [3.05, 3.63) is 18.2 Å². The first-order valence-electron chi connectivity index (χ1n) is 9.89. The van der Waals surface area contributed by atoms with Gasteiger partial charge in [-0.1, -0.05) is 26.2 Å². The van der Waals surface area contributed by atoms with Crippen LogP contribution in [0.5, 0.6) is 0 Å². The Morgan fingerprint density at radius 1 is 1.08 bits per heavy atom. The standard InChI is InChI=1S/C18H32N4O2S/c1-2-3-11-20-15-10-19-18(20)17-9-8-14-22(16-17)25(23,24)21-12-6-4-5-7-13-21/h10,15,17H,2-9,11-14,16H2,1H3/t17-/m0/s1. The molecular weight excluding hydrogens is 336 g/mol. The number of unbranched alkanes of at least 4 members (excludes halogenated alkanes) is 1. The van der Waals surface area contributed by atoms with Gasteiger partial charge in [-0.15, -0.1) is 0 Å². The maximum atomic E-state index is 13.1. The van der Waals surface area contributed by atoms with E-state index in [1.54, 1.807) is 8.61 Å². The van der Waals surface area contributed by atoms with Gasteiger partial charge < -0.3 is 4.57 Å². The highest BCUT2D eigenvalue weighted by Gasteiger charge is 2.35. The fourth-order valence-corrected chi connectivity index (χ4v) is 5.77. The molecule has 0 radical (unpaired) electrons. The van der Waals surface area contributed by atoms with Crippen LogP contribution >= 0.6 is 0 Å². The number of piperidine rings is 1. The Labute approximate surface area is 152 Å². The highest BCUT2D eigenvalue weighted by atomic mass is 32.2. The molecule has 1 aromatic rings. The van der Waals surface area contributed by atoms with Gasteiger partial charge in [-0.25, -0.2) is 4.98 Å². The molecule has 25 heavy (non-hydrogen) atoms. The van der Waals surface area contributed by atoms with Crippen molar-refractivity contribution < 1.29 is 8.42 Å². The summed E-state index contributed by atoms with van der Waals surface area (Å²) in [6, 6.07) is 0. The van der Waals surface area contributed by atoms with Gasteiger partial charge in [-0.05, 0) is 32.1 Å². The molecule has 0 aromatic carbocycles. The van der Waals surface area contributed by atoms with Crippen LogP contribution < -0.4 is 0 Å². The van der Waals surface area contributed by atoms with Gasteiger partial charge in [0.05, 0.1) is 0 Å². The number of aromatic nitrogens is 2. The first-order chi connectivity index (χ1) is 12.1. The Morgan fingerprint density at radius 3 is 2.52 bits per heavy atom. The lowest BCUT2D eigenvalue weighted by atomic mass is 9.99. The molecule has 0 bridgehead atoms. The van der Waals surface area contributed by atoms with Gasteiger partial charge >= 0.3 is 0 Å². The van der Waals surface area contributed by atoms with Gasteiger partial charge in [0, 0.05) is 51.0 Å². The average Bonchev–Trinajstić information content (AvgIpc) is 2.91. The van der Waals surface area contributed by atoms with Crippen molar-refractivity contribution >= 4 is 10.2 Å². The molecule has 3 rings (SSSR count). The minimum Gasteiger partial charge on any atom is -0.335 e. The first-order valence-corrected chi connectivity index (χ1v) is 11.3. The zero-order valence-electron chi connectivity index (χ0n) is 15.4. The average molecular weight is 369 g/mol. The fraction of sp³-hybridized carbons (Fsp3) is 0.833. The smallest absolute Gasteiger partial charge is 0.281 e. The summed E-state index contributed by atoms with van der Waals surface area (Å²) in [5.74, 6) is 1.27. The van der Waals surface area contributed by atoms with Crippen molar-refractivity contribution in [2.24, 2.45) is 0 Å². The third-order valence-corrected chi connectivity index (χ3v) is 7.47. The molecule has 0 N–H and O–H groups in total. The summed E-state index contributed by atoms with van der Waals surface area (Å²) < 4.78 is 31.8. The Hall–Kier alpha value is -0.920. The summed E-state index contributed by atoms with van der Waals surface area (Å²) in [6.07, 6.45) is 12.4. The van der Waals surface area contributed by atoms with E-state index in [1.165, 1.54) is 0 Å². The number of hydrogen-bond acceptors (Lipinski definition) is 3. The summed E-state index contributed by atoms with van der Waals surface area (Å²) in [7, 11) is -3.33. The molecule has 0 unspecified atom stereocenters. The zero-order valence-corrected chi connectivity index (χ0v) is 16.3. The number of rotatable bonds is 6.